The highest BCUT2D eigenvalue weighted by molar-refractivity contribution is 7.91. The number of carbonyl (C=O) groups excluding carboxylic acids is 2. The van der Waals surface area contributed by atoms with Gasteiger partial charge >= 0.3 is 0 Å². The van der Waals surface area contributed by atoms with Crippen LogP contribution in [0.3, 0.4) is 0 Å². The molecule has 1 saturated carbocycles. The summed E-state index contributed by atoms with van der Waals surface area (Å²) in [6.45, 7) is 0.369. The number of carbonyl (C=O) groups is 2. The van der Waals surface area contributed by atoms with Crippen LogP contribution in [0, 0.1) is 5.92 Å². The average molecular weight is 372 g/mol. The smallest absolute Gasteiger partial charge is 0.256 e. The first-order valence-electron chi connectivity index (χ1n) is 8.76. The van der Waals surface area contributed by atoms with Gasteiger partial charge in [0.05, 0.1) is 22.8 Å². The minimum Gasteiger partial charge on any atom is -0.337 e. The normalized spacial score (nSPS) is 19.3. The molecular formula is C19H20N2O4S. The maximum atomic E-state index is 13.0. The highest BCUT2D eigenvalue weighted by atomic mass is 32.2. The summed E-state index contributed by atoms with van der Waals surface area (Å²) in [4.78, 5) is 26.8. The van der Waals surface area contributed by atoms with E-state index in [1.807, 2.05) is 30.3 Å². The number of sulfone groups is 1. The quantitative estimate of drug-likeness (QED) is 0.894. The van der Waals surface area contributed by atoms with Gasteiger partial charge in [0.25, 0.3) is 5.91 Å². The molecule has 0 aromatic heterocycles. The van der Waals surface area contributed by atoms with Gasteiger partial charge in [0, 0.05) is 19.0 Å². The summed E-state index contributed by atoms with van der Waals surface area (Å²) in [6.07, 6.45) is 1.76. The van der Waals surface area contributed by atoms with Crippen molar-refractivity contribution in [2.75, 3.05) is 29.9 Å². The van der Waals surface area contributed by atoms with Gasteiger partial charge < -0.3 is 10.2 Å². The third-order valence-electron chi connectivity index (χ3n) is 4.95. The Balaban J connectivity index is 1.69. The highest BCUT2D eigenvalue weighted by Crippen LogP contribution is 2.32. The van der Waals surface area contributed by atoms with Crippen LogP contribution in [0.4, 0.5) is 5.69 Å². The largest absolute Gasteiger partial charge is 0.337 e. The number of nitrogens with zero attached hydrogens (tertiary/aromatic N) is 1. The van der Waals surface area contributed by atoms with Crippen molar-refractivity contribution >= 4 is 38.1 Å². The van der Waals surface area contributed by atoms with E-state index in [0.717, 1.165) is 23.6 Å². The molecule has 0 atom stereocenters. The van der Waals surface area contributed by atoms with Gasteiger partial charge in [-0.25, -0.2) is 8.42 Å². The lowest BCUT2D eigenvalue weighted by atomic mass is 10.0. The van der Waals surface area contributed by atoms with Crippen molar-refractivity contribution in [3.05, 3.63) is 42.0 Å². The second-order valence-corrected chi connectivity index (χ2v) is 9.26. The molecule has 2 amide bonds. The number of anilines is 1. The monoisotopic (exact) mass is 372 g/mol. The van der Waals surface area contributed by atoms with Crippen molar-refractivity contribution in [2.45, 2.75) is 12.8 Å². The predicted molar refractivity (Wildman–Crippen MR) is 99.9 cm³/mol. The van der Waals surface area contributed by atoms with Crippen LogP contribution in [-0.4, -0.2) is 49.7 Å². The third kappa shape index (κ3) is 3.44. The number of hydrogen-bond donors (Lipinski definition) is 1. The molecule has 2 aromatic carbocycles. The Morgan fingerprint density at radius 3 is 2.23 bits per heavy atom. The standard InChI is InChI=1S/C19H20N2O4S/c22-18(13-5-6-13)20-17-12-15-4-2-1-3-14(15)11-16(17)19(23)21-7-9-26(24,25)10-8-21/h1-4,11-13H,5-10H2,(H,20,22). The number of amides is 2. The van der Waals surface area contributed by atoms with Crippen LogP contribution < -0.4 is 5.32 Å². The average Bonchev–Trinajstić information content (AvgIpc) is 3.46. The van der Waals surface area contributed by atoms with Crippen molar-refractivity contribution in [1.82, 2.24) is 4.90 Å². The van der Waals surface area contributed by atoms with Crippen molar-refractivity contribution in [3.8, 4) is 0 Å². The van der Waals surface area contributed by atoms with E-state index >= 15 is 0 Å². The molecule has 0 bridgehead atoms. The summed E-state index contributed by atoms with van der Waals surface area (Å²) >= 11 is 0. The lowest BCUT2D eigenvalue weighted by molar-refractivity contribution is -0.117. The number of fused-ring (bicyclic) bond motifs is 1. The van der Waals surface area contributed by atoms with Gasteiger partial charge in [0.1, 0.15) is 0 Å². The summed E-state index contributed by atoms with van der Waals surface area (Å²) in [5.41, 5.74) is 0.913. The molecule has 1 N–H and O–H groups in total. The van der Waals surface area contributed by atoms with Gasteiger partial charge in [-0.2, -0.15) is 0 Å². The first-order valence-corrected chi connectivity index (χ1v) is 10.6. The number of benzene rings is 2. The Kier molecular flexibility index (Phi) is 4.19. The van der Waals surface area contributed by atoms with Gasteiger partial charge in [-0.05, 0) is 35.7 Å². The molecule has 2 aromatic rings. The fourth-order valence-electron chi connectivity index (χ4n) is 3.19. The maximum Gasteiger partial charge on any atom is 0.256 e. The molecule has 0 spiro atoms. The molecule has 6 nitrogen and oxygen atoms in total. The molecule has 2 aliphatic rings. The van der Waals surface area contributed by atoms with Crippen LogP contribution in [0.15, 0.2) is 36.4 Å². The molecule has 136 valence electrons. The summed E-state index contributed by atoms with van der Waals surface area (Å²) in [5.74, 6) is -0.302. The lowest BCUT2D eigenvalue weighted by Gasteiger charge is -2.27. The molecule has 1 saturated heterocycles. The number of hydrogen-bond acceptors (Lipinski definition) is 4. The Morgan fingerprint density at radius 1 is 1.00 bits per heavy atom. The zero-order chi connectivity index (χ0) is 18.3. The van der Waals surface area contributed by atoms with Crippen LogP contribution in [0.5, 0.6) is 0 Å². The van der Waals surface area contributed by atoms with E-state index in [0.29, 0.717) is 11.3 Å². The SMILES string of the molecule is O=C(Nc1cc2ccccc2cc1C(=O)N1CCS(=O)(=O)CC1)C1CC1. The second-order valence-electron chi connectivity index (χ2n) is 6.95. The molecule has 0 unspecified atom stereocenters. The molecular weight excluding hydrogens is 352 g/mol. The third-order valence-corrected chi connectivity index (χ3v) is 6.56. The van der Waals surface area contributed by atoms with E-state index in [-0.39, 0.29) is 42.3 Å². The molecule has 0 radical (unpaired) electrons. The molecule has 7 heteroatoms. The van der Waals surface area contributed by atoms with Crippen molar-refractivity contribution < 1.29 is 18.0 Å². The molecule has 1 heterocycles. The van der Waals surface area contributed by atoms with E-state index in [2.05, 4.69) is 5.32 Å². The Morgan fingerprint density at radius 2 is 1.62 bits per heavy atom. The number of rotatable bonds is 3. The van der Waals surface area contributed by atoms with Gasteiger partial charge in [-0.15, -0.1) is 0 Å². The van der Waals surface area contributed by atoms with E-state index < -0.39 is 9.84 Å². The predicted octanol–water partition coefficient (Wildman–Crippen LogP) is 2.06. The minimum atomic E-state index is -3.06. The lowest BCUT2D eigenvalue weighted by Crippen LogP contribution is -2.44. The van der Waals surface area contributed by atoms with Gasteiger partial charge in [0.2, 0.25) is 5.91 Å². The molecule has 4 rings (SSSR count). The molecule has 1 aliphatic heterocycles. The highest BCUT2D eigenvalue weighted by Gasteiger charge is 2.31. The van der Waals surface area contributed by atoms with E-state index in [4.69, 9.17) is 0 Å². The van der Waals surface area contributed by atoms with Gasteiger partial charge in [-0.3, -0.25) is 9.59 Å². The van der Waals surface area contributed by atoms with Crippen LogP contribution in [0.1, 0.15) is 23.2 Å². The fourth-order valence-corrected chi connectivity index (χ4v) is 4.39. The maximum absolute atomic E-state index is 13.0. The van der Waals surface area contributed by atoms with E-state index in [9.17, 15) is 18.0 Å². The van der Waals surface area contributed by atoms with E-state index in [1.54, 1.807) is 11.0 Å². The fraction of sp³-hybridized carbons (Fsp3) is 0.368. The molecule has 26 heavy (non-hydrogen) atoms. The van der Waals surface area contributed by atoms with Crippen molar-refractivity contribution in [3.63, 3.8) is 0 Å². The van der Waals surface area contributed by atoms with Crippen LogP contribution >= 0.6 is 0 Å². The van der Waals surface area contributed by atoms with Gasteiger partial charge in [0.15, 0.2) is 9.84 Å². The van der Waals surface area contributed by atoms with Gasteiger partial charge in [-0.1, -0.05) is 24.3 Å². The van der Waals surface area contributed by atoms with E-state index in [1.165, 1.54) is 0 Å². The summed E-state index contributed by atoms with van der Waals surface area (Å²) in [5, 5.41) is 4.74. The summed E-state index contributed by atoms with van der Waals surface area (Å²) in [7, 11) is -3.06. The topological polar surface area (TPSA) is 83.6 Å². The zero-order valence-corrected chi connectivity index (χ0v) is 15.1. The first kappa shape index (κ1) is 17.0. The summed E-state index contributed by atoms with van der Waals surface area (Å²) < 4.78 is 23.3. The van der Waals surface area contributed by atoms with Crippen molar-refractivity contribution in [2.24, 2.45) is 5.92 Å². The summed E-state index contributed by atoms with van der Waals surface area (Å²) in [6, 6.07) is 11.3. The second kappa shape index (κ2) is 6.39. The Bertz CT molecular complexity index is 982. The van der Waals surface area contributed by atoms with Crippen LogP contribution in [-0.2, 0) is 14.6 Å². The zero-order valence-electron chi connectivity index (χ0n) is 14.3. The minimum absolute atomic E-state index is 0.0178. The van der Waals surface area contributed by atoms with Crippen molar-refractivity contribution in [1.29, 1.82) is 0 Å². The van der Waals surface area contributed by atoms with Crippen LogP contribution in [0.2, 0.25) is 0 Å². The molecule has 2 fully saturated rings. The Hall–Kier alpha value is -2.41. The van der Waals surface area contributed by atoms with Crippen LogP contribution in [0.25, 0.3) is 10.8 Å². The number of nitrogens with one attached hydrogen (secondary N) is 1. The molecule has 1 aliphatic carbocycles. The Labute approximate surface area is 152 Å². The first-order chi connectivity index (χ1) is 12.4.